The van der Waals surface area contributed by atoms with Crippen molar-refractivity contribution in [2.24, 2.45) is 0 Å². The Hall–Kier alpha value is -4.19. The van der Waals surface area contributed by atoms with Crippen molar-refractivity contribution in [1.82, 2.24) is 24.9 Å². The van der Waals surface area contributed by atoms with Crippen LogP contribution in [0, 0.1) is 5.82 Å². The van der Waals surface area contributed by atoms with Crippen molar-refractivity contribution >= 4 is 29.6 Å². The van der Waals surface area contributed by atoms with E-state index in [1.165, 1.54) is 43.5 Å². The number of ether oxygens (including phenoxy) is 1. The summed E-state index contributed by atoms with van der Waals surface area (Å²) in [6, 6.07) is 11.9. The van der Waals surface area contributed by atoms with Crippen LogP contribution in [0.25, 0.3) is 0 Å². The molecular formula is C34H43FN6O5. The number of urea groups is 1. The molecule has 0 unspecified atom stereocenters. The molecule has 4 heterocycles. The monoisotopic (exact) mass is 634 g/mol. The summed E-state index contributed by atoms with van der Waals surface area (Å²) in [6.45, 7) is 4.72. The Morgan fingerprint density at radius 2 is 1.50 bits per heavy atom. The SMILES string of the molecule is O=C(N[C@@H](CC(=O)N1CCC(N2Cc3ccccc3NC2=O)CC1)C(=O)N1CCC(N2CCCCC2)CC1)Oc1ccc(F)cc1. The molecule has 0 aliphatic carbocycles. The van der Waals surface area contributed by atoms with E-state index in [-0.39, 0.29) is 36.1 Å². The fourth-order valence-electron chi connectivity index (χ4n) is 7.18. The highest BCUT2D eigenvalue weighted by Gasteiger charge is 2.36. The number of benzene rings is 2. The van der Waals surface area contributed by atoms with Crippen LogP contribution in [0.3, 0.4) is 0 Å². The molecule has 0 radical (unpaired) electrons. The number of hydrogen-bond acceptors (Lipinski definition) is 6. The molecule has 0 aromatic heterocycles. The van der Waals surface area contributed by atoms with Gasteiger partial charge in [0, 0.05) is 50.5 Å². The molecule has 2 aromatic rings. The number of amides is 5. The van der Waals surface area contributed by atoms with Crippen LogP contribution in [-0.2, 0) is 16.1 Å². The molecule has 46 heavy (non-hydrogen) atoms. The van der Waals surface area contributed by atoms with Gasteiger partial charge in [-0.2, -0.15) is 0 Å². The molecule has 246 valence electrons. The van der Waals surface area contributed by atoms with E-state index < -0.39 is 18.0 Å². The second-order valence-corrected chi connectivity index (χ2v) is 12.7. The van der Waals surface area contributed by atoms with Crippen molar-refractivity contribution in [2.45, 2.75) is 76.0 Å². The predicted octanol–water partition coefficient (Wildman–Crippen LogP) is 4.19. The van der Waals surface area contributed by atoms with Crippen molar-refractivity contribution in [3.05, 3.63) is 59.9 Å². The fourth-order valence-corrected chi connectivity index (χ4v) is 7.18. The Morgan fingerprint density at radius 3 is 2.22 bits per heavy atom. The summed E-state index contributed by atoms with van der Waals surface area (Å²) < 4.78 is 18.7. The molecule has 11 nitrogen and oxygen atoms in total. The van der Waals surface area contributed by atoms with Gasteiger partial charge < -0.3 is 35.0 Å². The molecule has 4 aliphatic heterocycles. The first-order chi connectivity index (χ1) is 22.3. The van der Waals surface area contributed by atoms with Crippen molar-refractivity contribution in [3.8, 4) is 5.75 Å². The summed E-state index contributed by atoms with van der Waals surface area (Å²) in [5.41, 5.74) is 1.88. The summed E-state index contributed by atoms with van der Waals surface area (Å²) >= 11 is 0. The number of halogens is 1. The van der Waals surface area contributed by atoms with Crippen molar-refractivity contribution in [1.29, 1.82) is 0 Å². The highest BCUT2D eigenvalue weighted by atomic mass is 19.1. The van der Waals surface area contributed by atoms with Gasteiger partial charge in [-0.25, -0.2) is 14.0 Å². The first-order valence-corrected chi connectivity index (χ1v) is 16.5. The number of likely N-dealkylation sites (tertiary alicyclic amines) is 3. The third-order valence-corrected chi connectivity index (χ3v) is 9.79. The summed E-state index contributed by atoms with van der Waals surface area (Å²) in [4.78, 5) is 60.9. The van der Waals surface area contributed by atoms with Crippen molar-refractivity contribution in [2.75, 3.05) is 44.6 Å². The van der Waals surface area contributed by atoms with Crippen LogP contribution in [0.1, 0.15) is 56.9 Å². The lowest BCUT2D eigenvalue weighted by molar-refractivity contribution is -0.140. The van der Waals surface area contributed by atoms with E-state index in [9.17, 15) is 23.6 Å². The lowest BCUT2D eigenvalue weighted by Crippen LogP contribution is -2.56. The standard InChI is InChI=1S/C34H43FN6O5/c35-25-8-10-28(11-9-25)46-34(45)37-30(32(43)40-20-12-26(13-21-40)38-16-4-1-5-17-38)22-31(42)39-18-14-27(15-19-39)41-23-24-6-2-3-7-29(24)36-33(41)44/h2-3,6-11,26-27,30H,1,4-5,12-23H2,(H,36,44)(H,37,45)/t30-/m0/s1. The van der Waals surface area contributed by atoms with Crippen molar-refractivity contribution < 1.29 is 28.3 Å². The van der Waals surface area contributed by atoms with Gasteiger partial charge in [-0.3, -0.25) is 9.59 Å². The molecule has 0 bridgehead atoms. The number of para-hydroxylation sites is 1. The number of fused-ring (bicyclic) bond motifs is 1. The summed E-state index contributed by atoms with van der Waals surface area (Å²) in [5.74, 6) is -0.880. The molecule has 2 aromatic carbocycles. The van der Waals surface area contributed by atoms with Gasteiger partial charge in [-0.05, 0) is 87.5 Å². The second kappa shape index (κ2) is 14.5. The zero-order valence-electron chi connectivity index (χ0n) is 26.2. The number of nitrogens with one attached hydrogen (secondary N) is 2. The second-order valence-electron chi connectivity index (χ2n) is 12.7. The molecule has 0 saturated carbocycles. The molecule has 12 heteroatoms. The molecule has 2 N–H and O–H groups in total. The molecule has 5 amide bonds. The van der Waals surface area contributed by atoms with E-state index in [0.29, 0.717) is 51.6 Å². The largest absolute Gasteiger partial charge is 0.413 e. The van der Waals surface area contributed by atoms with E-state index in [0.717, 1.165) is 37.2 Å². The van der Waals surface area contributed by atoms with E-state index >= 15 is 0 Å². The Labute approximate surface area is 269 Å². The van der Waals surface area contributed by atoms with Crippen molar-refractivity contribution in [3.63, 3.8) is 0 Å². The highest BCUT2D eigenvalue weighted by molar-refractivity contribution is 5.93. The van der Waals surface area contributed by atoms with Crippen LogP contribution < -0.4 is 15.4 Å². The van der Waals surface area contributed by atoms with Crippen LogP contribution in [0.5, 0.6) is 5.75 Å². The Morgan fingerprint density at radius 1 is 0.848 bits per heavy atom. The zero-order chi connectivity index (χ0) is 32.0. The Kier molecular flexibility index (Phi) is 10.0. The summed E-state index contributed by atoms with van der Waals surface area (Å²) in [5, 5.41) is 5.59. The van der Waals surface area contributed by atoms with Gasteiger partial charge in [0.05, 0.1) is 6.42 Å². The van der Waals surface area contributed by atoms with Gasteiger partial charge >= 0.3 is 12.1 Å². The van der Waals surface area contributed by atoms with Crippen LogP contribution in [0.4, 0.5) is 19.7 Å². The minimum Gasteiger partial charge on any atom is -0.410 e. The van der Waals surface area contributed by atoms with Crippen LogP contribution in [0.15, 0.2) is 48.5 Å². The number of rotatable bonds is 7. The minimum absolute atomic E-state index is 0.0140. The average molecular weight is 635 g/mol. The van der Waals surface area contributed by atoms with E-state index in [4.69, 9.17) is 4.74 Å². The van der Waals surface area contributed by atoms with E-state index in [1.807, 2.05) is 29.2 Å². The minimum atomic E-state index is -1.10. The smallest absolute Gasteiger partial charge is 0.410 e. The third kappa shape index (κ3) is 7.60. The third-order valence-electron chi connectivity index (χ3n) is 9.79. The highest BCUT2D eigenvalue weighted by Crippen LogP contribution is 2.28. The molecular weight excluding hydrogens is 591 g/mol. The molecule has 1 atom stereocenters. The predicted molar refractivity (Wildman–Crippen MR) is 170 cm³/mol. The van der Waals surface area contributed by atoms with Gasteiger partial charge in [0.2, 0.25) is 11.8 Å². The topological polar surface area (TPSA) is 115 Å². The molecule has 3 saturated heterocycles. The number of hydrogen-bond donors (Lipinski definition) is 2. The fraction of sp³-hybridized carbons (Fsp3) is 0.529. The molecule has 4 aliphatic rings. The lowest BCUT2D eigenvalue weighted by Gasteiger charge is -2.41. The van der Waals surface area contributed by atoms with Crippen LogP contribution in [-0.4, -0.2) is 101 Å². The first-order valence-electron chi connectivity index (χ1n) is 16.5. The van der Waals surface area contributed by atoms with Gasteiger partial charge in [0.1, 0.15) is 17.6 Å². The number of piperidine rings is 3. The average Bonchev–Trinajstić information content (AvgIpc) is 3.09. The summed E-state index contributed by atoms with van der Waals surface area (Å²) in [6.07, 6.45) is 5.54. The Balaban J connectivity index is 1.06. The normalized spacial score (nSPS) is 20.5. The summed E-state index contributed by atoms with van der Waals surface area (Å²) in [7, 11) is 0. The molecule has 0 spiro atoms. The maximum atomic E-state index is 13.8. The number of carbonyl (C=O) groups excluding carboxylic acids is 4. The maximum absolute atomic E-state index is 13.8. The van der Waals surface area contributed by atoms with Gasteiger partial charge in [0.15, 0.2) is 0 Å². The van der Waals surface area contributed by atoms with Crippen LogP contribution >= 0.6 is 0 Å². The van der Waals surface area contributed by atoms with Gasteiger partial charge in [0.25, 0.3) is 0 Å². The first kappa shape index (κ1) is 31.8. The quantitative estimate of drug-likeness (QED) is 0.473. The molecule has 3 fully saturated rings. The number of anilines is 1. The number of carbonyl (C=O) groups is 4. The number of nitrogens with zero attached hydrogens (tertiary/aromatic N) is 4. The maximum Gasteiger partial charge on any atom is 0.413 e. The van der Waals surface area contributed by atoms with Crippen LogP contribution in [0.2, 0.25) is 0 Å². The zero-order valence-corrected chi connectivity index (χ0v) is 26.2. The van der Waals surface area contributed by atoms with E-state index in [1.54, 1.807) is 9.80 Å². The Bertz CT molecular complexity index is 1400. The lowest BCUT2D eigenvalue weighted by atomic mass is 9.98. The van der Waals surface area contributed by atoms with Gasteiger partial charge in [-0.15, -0.1) is 0 Å². The molecule has 6 rings (SSSR count). The van der Waals surface area contributed by atoms with Gasteiger partial charge in [-0.1, -0.05) is 24.6 Å². The van der Waals surface area contributed by atoms with E-state index in [2.05, 4.69) is 15.5 Å².